The van der Waals surface area contributed by atoms with Crippen LogP contribution in [0.2, 0.25) is 0 Å². The number of phenols is 2. The van der Waals surface area contributed by atoms with Crippen molar-refractivity contribution in [1.29, 1.82) is 0 Å². The van der Waals surface area contributed by atoms with Gasteiger partial charge in [0.15, 0.2) is 0 Å². The molecule has 0 radical (unpaired) electrons. The van der Waals surface area contributed by atoms with Gasteiger partial charge in [-0.25, -0.2) is 0 Å². The third-order valence-corrected chi connectivity index (χ3v) is 5.11. The Bertz CT molecular complexity index is 770. The van der Waals surface area contributed by atoms with Gasteiger partial charge in [0.1, 0.15) is 11.5 Å². The van der Waals surface area contributed by atoms with Crippen molar-refractivity contribution in [3.05, 3.63) is 95.1 Å². The molecule has 0 aliphatic heterocycles. The molecule has 0 unspecified atom stereocenters. The predicted molar refractivity (Wildman–Crippen MR) is 102 cm³/mol. The van der Waals surface area contributed by atoms with E-state index in [-0.39, 0.29) is 16.9 Å². The SMILES string of the molecule is CCc1ccc(C(CC)(c2ccc(O)cc2)c2ccc(O)cc2)cc1. The molecule has 2 nitrogen and oxygen atoms in total. The van der Waals surface area contributed by atoms with E-state index in [1.54, 1.807) is 24.3 Å². The fraction of sp³-hybridized carbons (Fsp3) is 0.217. The van der Waals surface area contributed by atoms with Crippen LogP contribution >= 0.6 is 0 Å². The van der Waals surface area contributed by atoms with Gasteiger partial charge < -0.3 is 10.2 Å². The zero-order valence-corrected chi connectivity index (χ0v) is 14.7. The summed E-state index contributed by atoms with van der Waals surface area (Å²) < 4.78 is 0. The van der Waals surface area contributed by atoms with Crippen molar-refractivity contribution in [2.45, 2.75) is 32.1 Å². The zero-order chi connectivity index (χ0) is 17.9. The molecule has 3 aromatic rings. The number of aryl methyl sites for hydroxylation is 1. The second kappa shape index (κ2) is 7.02. The van der Waals surface area contributed by atoms with Crippen LogP contribution in [0.25, 0.3) is 0 Å². The summed E-state index contributed by atoms with van der Waals surface area (Å²) in [5.41, 5.74) is 4.45. The Balaban J connectivity index is 2.24. The Kier molecular flexibility index (Phi) is 4.80. The van der Waals surface area contributed by atoms with Gasteiger partial charge in [0, 0.05) is 5.41 Å². The summed E-state index contributed by atoms with van der Waals surface area (Å²) in [4.78, 5) is 0. The topological polar surface area (TPSA) is 40.5 Å². The first-order chi connectivity index (χ1) is 12.1. The molecule has 0 aliphatic rings. The van der Waals surface area contributed by atoms with Crippen molar-refractivity contribution >= 4 is 0 Å². The molecule has 2 N–H and O–H groups in total. The Morgan fingerprint density at radius 1 is 0.600 bits per heavy atom. The van der Waals surface area contributed by atoms with Gasteiger partial charge >= 0.3 is 0 Å². The Labute approximate surface area is 149 Å². The first kappa shape index (κ1) is 17.1. The van der Waals surface area contributed by atoms with Crippen LogP contribution in [0, 0.1) is 0 Å². The average molecular weight is 332 g/mol. The highest BCUT2D eigenvalue weighted by atomic mass is 16.3. The van der Waals surface area contributed by atoms with Gasteiger partial charge in [0.05, 0.1) is 0 Å². The summed E-state index contributed by atoms with van der Waals surface area (Å²) in [6.45, 7) is 4.33. The molecular formula is C23H24O2. The van der Waals surface area contributed by atoms with Crippen molar-refractivity contribution in [3.63, 3.8) is 0 Å². The van der Waals surface area contributed by atoms with Crippen LogP contribution in [0.3, 0.4) is 0 Å². The lowest BCUT2D eigenvalue weighted by Crippen LogP contribution is -2.28. The van der Waals surface area contributed by atoms with Crippen LogP contribution in [0.5, 0.6) is 11.5 Å². The highest BCUT2D eigenvalue weighted by Gasteiger charge is 2.34. The molecule has 0 saturated carbocycles. The maximum Gasteiger partial charge on any atom is 0.115 e. The lowest BCUT2D eigenvalue weighted by Gasteiger charge is -2.35. The van der Waals surface area contributed by atoms with Crippen LogP contribution in [0.1, 0.15) is 42.5 Å². The number of aromatic hydroxyl groups is 2. The molecule has 25 heavy (non-hydrogen) atoms. The molecule has 0 saturated heterocycles. The van der Waals surface area contributed by atoms with E-state index in [0.717, 1.165) is 24.0 Å². The molecule has 0 aliphatic carbocycles. The third kappa shape index (κ3) is 3.12. The molecule has 0 fully saturated rings. The molecule has 0 bridgehead atoms. The molecule has 0 heterocycles. The van der Waals surface area contributed by atoms with Crippen LogP contribution < -0.4 is 0 Å². The molecule has 0 amide bonds. The monoisotopic (exact) mass is 332 g/mol. The summed E-state index contributed by atoms with van der Waals surface area (Å²) in [6.07, 6.45) is 1.88. The summed E-state index contributed by atoms with van der Waals surface area (Å²) in [6, 6.07) is 23.6. The quantitative estimate of drug-likeness (QED) is 0.614. The molecule has 0 atom stereocenters. The Morgan fingerprint density at radius 3 is 1.28 bits per heavy atom. The zero-order valence-electron chi connectivity index (χ0n) is 14.7. The van der Waals surface area contributed by atoms with E-state index in [1.165, 1.54) is 11.1 Å². The van der Waals surface area contributed by atoms with E-state index in [1.807, 2.05) is 24.3 Å². The number of hydrogen-bond acceptors (Lipinski definition) is 2. The van der Waals surface area contributed by atoms with E-state index in [0.29, 0.717) is 0 Å². The van der Waals surface area contributed by atoms with E-state index < -0.39 is 0 Å². The highest BCUT2D eigenvalue weighted by Crippen LogP contribution is 2.43. The fourth-order valence-corrected chi connectivity index (χ4v) is 3.63. The van der Waals surface area contributed by atoms with Crippen molar-refractivity contribution in [2.24, 2.45) is 0 Å². The second-order valence-electron chi connectivity index (χ2n) is 6.40. The molecule has 2 heteroatoms. The Morgan fingerprint density at radius 2 is 0.960 bits per heavy atom. The van der Waals surface area contributed by atoms with E-state index in [2.05, 4.69) is 38.1 Å². The van der Waals surface area contributed by atoms with Gasteiger partial charge in [-0.15, -0.1) is 0 Å². The van der Waals surface area contributed by atoms with Gasteiger partial charge in [-0.05, 0) is 59.4 Å². The van der Waals surface area contributed by atoms with E-state index in [9.17, 15) is 10.2 Å². The normalized spacial score (nSPS) is 11.4. The fourth-order valence-electron chi connectivity index (χ4n) is 3.63. The average Bonchev–Trinajstić information content (AvgIpc) is 2.66. The van der Waals surface area contributed by atoms with E-state index in [4.69, 9.17) is 0 Å². The largest absolute Gasteiger partial charge is 0.508 e. The van der Waals surface area contributed by atoms with Gasteiger partial charge in [0.25, 0.3) is 0 Å². The predicted octanol–water partition coefficient (Wildman–Crippen LogP) is 5.40. The van der Waals surface area contributed by atoms with Crippen molar-refractivity contribution in [3.8, 4) is 11.5 Å². The van der Waals surface area contributed by atoms with Crippen molar-refractivity contribution in [2.75, 3.05) is 0 Å². The van der Waals surface area contributed by atoms with Crippen molar-refractivity contribution in [1.82, 2.24) is 0 Å². The molecular weight excluding hydrogens is 308 g/mol. The molecule has 3 rings (SSSR count). The molecule has 3 aromatic carbocycles. The van der Waals surface area contributed by atoms with Gasteiger partial charge in [-0.1, -0.05) is 62.4 Å². The smallest absolute Gasteiger partial charge is 0.115 e. The van der Waals surface area contributed by atoms with Crippen LogP contribution in [0.4, 0.5) is 0 Å². The maximum atomic E-state index is 9.71. The highest BCUT2D eigenvalue weighted by molar-refractivity contribution is 5.52. The maximum absolute atomic E-state index is 9.71. The minimum atomic E-state index is -0.326. The first-order valence-corrected chi connectivity index (χ1v) is 8.78. The third-order valence-electron chi connectivity index (χ3n) is 5.11. The lowest BCUT2D eigenvalue weighted by molar-refractivity contribution is 0.473. The number of hydrogen-bond donors (Lipinski definition) is 2. The lowest BCUT2D eigenvalue weighted by atomic mass is 9.67. The summed E-state index contributed by atoms with van der Waals surface area (Å²) in [5, 5.41) is 19.4. The number of phenolic OH excluding ortho intramolecular Hbond substituents is 2. The minimum Gasteiger partial charge on any atom is -0.508 e. The minimum absolute atomic E-state index is 0.265. The molecule has 0 aromatic heterocycles. The second-order valence-corrected chi connectivity index (χ2v) is 6.40. The van der Waals surface area contributed by atoms with Gasteiger partial charge in [-0.2, -0.15) is 0 Å². The summed E-state index contributed by atoms with van der Waals surface area (Å²) in [5.74, 6) is 0.529. The van der Waals surface area contributed by atoms with Crippen molar-refractivity contribution < 1.29 is 10.2 Å². The molecule has 0 spiro atoms. The number of benzene rings is 3. The standard InChI is InChI=1S/C23H24O2/c1-3-17-5-7-18(8-6-17)23(4-2,19-9-13-21(24)14-10-19)20-11-15-22(25)16-12-20/h5-16,24-25H,3-4H2,1-2H3. The summed E-state index contributed by atoms with van der Waals surface area (Å²) >= 11 is 0. The Hall–Kier alpha value is -2.74. The van der Waals surface area contributed by atoms with Crippen LogP contribution in [-0.2, 0) is 11.8 Å². The van der Waals surface area contributed by atoms with Crippen LogP contribution in [-0.4, -0.2) is 10.2 Å². The van der Waals surface area contributed by atoms with Crippen LogP contribution in [0.15, 0.2) is 72.8 Å². The summed E-state index contributed by atoms with van der Waals surface area (Å²) in [7, 11) is 0. The van der Waals surface area contributed by atoms with Gasteiger partial charge in [-0.3, -0.25) is 0 Å². The van der Waals surface area contributed by atoms with E-state index >= 15 is 0 Å². The van der Waals surface area contributed by atoms with Gasteiger partial charge in [0.2, 0.25) is 0 Å². The molecule has 128 valence electrons. The number of rotatable bonds is 5. The first-order valence-electron chi connectivity index (χ1n) is 8.78.